The third-order valence-electron chi connectivity index (χ3n) is 1.20. The molecule has 0 saturated heterocycles. The van der Waals surface area contributed by atoms with Crippen LogP contribution in [-0.4, -0.2) is 23.0 Å². The van der Waals surface area contributed by atoms with Crippen LogP contribution in [-0.2, 0) is 4.84 Å². The summed E-state index contributed by atoms with van der Waals surface area (Å²) < 4.78 is 0. The van der Waals surface area contributed by atoms with Crippen LogP contribution in [0.2, 0.25) is 0 Å². The maximum absolute atomic E-state index is 11.0. The third kappa shape index (κ3) is 2.27. The van der Waals surface area contributed by atoms with Crippen LogP contribution in [0.25, 0.3) is 0 Å². The fourth-order valence-corrected chi connectivity index (χ4v) is 0.739. The van der Waals surface area contributed by atoms with Gasteiger partial charge in [0.1, 0.15) is 5.69 Å². The normalized spacial score (nSPS) is 9.62. The van der Waals surface area contributed by atoms with E-state index in [1.165, 1.54) is 7.11 Å². The molecule has 0 aliphatic rings. The minimum absolute atomic E-state index is 0.157. The van der Waals surface area contributed by atoms with Crippen molar-refractivity contribution in [2.45, 2.75) is 0 Å². The van der Waals surface area contributed by atoms with E-state index in [4.69, 9.17) is 0 Å². The van der Waals surface area contributed by atoms with Crippen LogP contribution in [0, 0.1) is 0 Å². The van der Waals surface area contributed by atoms with Gasteiger partial charge in [-0.3, -0.25) is 19.4 Å². The lowest BCUT2D eigenvalue weighted by Gasteiger charge is -1.99. The first-order chi connectivity index (χ1) is 6.13. The van der Waals surface area contributed by atoms with Crippen molar-refractivity contribution in [1.82, 2.24) is 15.4 Å². The highest BCUT2D eigenvalue weighted by atomic mass is 16.6. The van der Waals surface area contributed by atoms with Gasteiger partial charge in [0.15, 0.2) is 0 Å². The van der Waals surface area contributed by atoms with Gasteiger partial charge in [0.25, 0.3) is 11.5 Å². The molecule has 0 fully saturated rings. The summed E-state index contributed by atoms with van der Waals surface area (Å²) in [4.78, 5) is 40.8. The predicted octanol–water partition coefficient (Wildman–Crippen LogP) is -1.65. The van der Waals surface area contributed by atoms with E-state index < -0.39 is 17.2 Å². The molecule has 3 N–H and O–H groups in total. The van der Waals surface area contributed by atoms with E-state index in [2.05, 4.69) is 9.82 Å². The lowest BCUT2D eigenvalue weighted by molar-refractivity contribution is 0.0531. The number of hydrogen-bond donors (Lipinski definition) is 3. The van der Waals surface area contributed by atoms with Crippen LogP contribution >= 0.6 is 0 Å². The molecule has 1 aromatic rings. The first-order valence-electron chi connectivity index (χ1n) is 3.30. The summed E-state index contributed by atoms with van der Waals surface area (Å²) in [6.45, 7) is 0. The van der Waals surface area contributed by atoms with Crippen LogP contribution in [0.1, 0.15) is 10.5 Å². The van der Waals surface area contributed by atoms with Crippen LogP contribution in [0.3, 0.4) is 0 Å². The molecule has 0 radical (unpaired) electrons. The molecule has 0 unspecified atom stereocenters. The van der Waals surface area contributed by atoms with Crippen molar-refractivity contribution in [3.8, 4) is 0 Å². The van der Waals surface area contributed by atoms with Gasteiger partial charge >= 0.3 is 5.69 Å². The fraction of sp³-hybridized carbons (Fsp3) is 0.167. The Labute approximate surface area is 71.7 Å². The summed E-state index contributed by atoms with van der Waals surface area (Å²) in [6.07, 6.45) is 0. The van der Waals surface area contributed by atoms with Crippen molar-refractivity contribution in [2.24, 2.45) is 0 Å². The van der Waals surface area contributed by atoms with Crippen molar-refractivity contribution in [3.63, 3.8) is 0 Å². The largest absolute Gasteiger partial charge is 0.326 e. The van der Waals surface area contributed by atoms with Crippen LogP contribution in [0.4, 0.5) is 0 Å². The number of H-pyrrole nitrogens is 2. The third-order valence-corrected chi connectivity index (χ3v) is 1.20. The Morgan fingerprint density at radius 2 is 2.15 bits per heavy atom. The highest BCUT2D eigenvalue weighted by Crippen LogP contribution is 1.83. The average Bonchev–Trinajstić information content (AvgIpc) is 2.03. The molecule has 70 valence electrons. The van der Waals surface area contributed by atoms with Crippen molar-refractivity contribution in [3.05, 3.63) is 32.6 Å². The van der Waals surface area contributed by atoms with Crippen LogP contribution in [0.5, 0.6) is 0 Å². The van der Waals surface area contributed by atoms with Crippen LogP contribution < -0.4 is 16.7 Å². The zero-order chi connectivity index (χ0) is 9.84. The van der Waals surface area contributed by atoms with E-state index in [1.807, 2.05) is 10.5 Å². The minimum atomic E-state index is -0.742. The molecule has 1 heterocycles. The lowest BCUT2D eigenvalue weighted by atomic mass is 10.4. The zero-order valence-corrected chi connectivity index (χ0v) is 6.71. The van der Waals surface area contributed by atoms with E-state index in [1.54, 1.807) is 0 Å². The maximum atomic E-state index is 11.0. The standard InChI is InChI=1S/C6H7N3O4/c1-13-9-5(11)3-2-4(10)8-6(12)7-3/h2H,1H3,(H,9,11)(H2,7,8,10,12). The number of amides is 1. The lowest BCUT2D eigenvalue weighted by Crippen LogP contribution is -2.30. The van der Waals surface area contributed by atoms with E-state index in [0.29, 0.717) is 0 Å². The van der Waals surface area contributed by atoms with Gasteiger partial charge in [0.2, 0.25) is 0 Å². The summed E-state index contributed by atoms with van der Waals surface area (Å²) in [6, 6.07) is 0.954. The quantitative estimate of drug-likeness (QED) is 0.480. The molecule has 1 aromatic heterocycles. The molecule has 0 aromatic carbocycles. The van der Waals surface area contributed by atoms with E-state index in [9.17, 15) is 14.4 Å². The van der Waals surface area contributed by atoms with Crippen LogP contribution in [0.15, 0.2) is 15.7 Å². The second-order valence-electron chi connectivity index (χ2n) is 2.14. The molecular formula is C6H7N3O4. The highest BCUT2D eigenvalue weighted by molar-refractivity contribution is 5.91. The molecule has 0 aliphatic carbocycles. The monoisotopic (exact) mass is 185 g/mol. The molecule has 13 heavy (non-hydrogen) atoms. The number of hydrogen-bond acceptors (Lipinski definition) is 4. The van der Waals surface area contributed by atoms with E-state index >= 15 is 0 Å². The van der Waals surface area contributed by atoms with Crippen molar-refractivity contribution in [2.75, 3.05) is 7.11 Å². The SMILES string of the molecule is CONC(=O)c1cc(=O)[nH]c(=O)[nH]1. The van der Waals surface area contributed by atoms with Gasteiger partial charge in [-0.05, 0) is 0 Å². The number of nitrogens with one attached hydrogen (secondary N) is 3. The Hall–Kier alpha value is -1.89. The second-order valence-corrected chi connectivity index (χ2v) is 2.14. The molecular weight excluding hydrogens is 178 g/mol. The summed E-state index contributed by atoms with van der Waals surface area (Å²) in [5, 5.41) is 0. The van der Waals surface area contributed by atoms with E-state index in [-0.39, 0.29) is 5.69 Å². The van der Waals surface area contributed by atoms with E-state index in [0.717, 1.165) is 6.07 Å². The second kappa shape index (κ2) is 3.68. The van der Waals surface area contributed by atoms with Gasteiger partial charge in [-0.2, -0.15) is 0 Å². The number of carbonyl (C=O) groups is 1. The average molecular weight is 185 g/mol. The highest BCUT2D eigenvalue weighted by Gasteiger charge is 2.06. The van der Waals surface area contributed by atoms with Gasteiger partial charge in [0.05, 0.1) is 7.11 Å². The van der Waals surface area contributed by atoms with Crippen molar-refractivity contribution in [1.29, 1.82) is 0 Å². The first kappa shape index (κ1) is 9.20. The Morgan fingerprint density at radius 1 is 1.46 bits per heavy atom. The zero-order valence-electron chi connectivity index (χ0n) is 6.71. The van der Waals surface area contributed by atoms with Crippen molar-refractivity contribution < 1.29 is 9.63 Å². The molecule has 7 heteroatoms. The number of carbonyl (C=O) groups excluding carboxylic acids is 1. The fourth-order valence-electron chi connectivity index (χ4n) is 0.739. The number of aromatic nitrogens is 2. The Balaban J connectivity index is 3.08. The van der Waals surface area contributed by atoms with Gasteiger partial charge < -0.3 is 4.98 Å². The van der Waals surface area contributed by atoms with Gasteiger partial charge in [-0.25, -0.2) is 10.3 Å². The molecule has 0 aliphatic heterocycles. The Bertz CT molecular complexity index is 390. The summed E-state index contributed by atoms with van der Waals surface area (Å²) in [7, 11) is 1.24. The summed E-state index contributed by atoms with van der Waals surface area (Å²) >= 11 is 0. The topological polar surface area (TPSA) is 104 Å². The molecule has 0 bridgehead atoms. The molecule has 0 saturated carbocycles. The smallest absolute Gasteiger partial charge is 0.303 e. The number of aromatic amines is 2. The van der Waals surface area contributed by atoms with Gasteiger partial charge in [0, 0.05) is 6.07 Å². The number of hydroxylamine groups is 1. The minimum Gasteiger partial charge on any atom is -0.303 e. The Morgan fingerprint density at radius 3 is 2.69 bits per heavy atom. The number of rotatable bonds is 2. The summed E-state index contributed by atoms with van der Waals surface area (Å²) in [5.41, 5.74) is 0.408. The predicted molar refractivity (Wildman–Crippen MR) is 42.2 cm³/mol. The van der Waals surface area contributed by atoms with Gasteiger partial charge in [-0.15, -0.1) is 0 Å². The maximum Gasteiger partial charge on any atom is 0.326 e. The molecule has 1 amide bonds. The van der Waals surface area contributed by atoms with Crippen molar-refractivity contribution >= 4 is 5.91 Å². The molecule has 0 atom stereocenters. The molecule has 7 nitrogen and oxygen atoms in total. The van der Waals surface area contributed by atoms with Gasteiger partial charge in [-0.1, -0.05) is 0 Å². The Kier molecular flexibility index (Phi) is 2.60. The summed E-state index contributed by atoms with van der Waals surface area (Å²) in [5.74, 6) is -0.689. The molecule has 0 spiro atoms. The molecule has 1 rings (SSSR count). The first-order valence-corrected chi connectivity index (χ1v) is 3.30.